The molecule has 0 spiro atoms. The van der Waals surface area contributed by atoms with Crippen LogP contribution in [0.5, 0.6) is 0 Å². The summed E-state index contributed by atoms with van der Waals surface area (Å²) >= 11 is 0. The standard InChI is InChI=1S/C18H21N3/c1-15(21(2)3)13-18(14-19,16-9-5-4-6-10-16)17-11-7-8-12-20-17/h4-12,15H,13H2,1-3H3/t15-,18-/m0/s1. The quantitative estimate of drug-likeness (QED) is 0.843. The third-order valence-electron chi connectivity index (χ3n) is 4.04. The zero-order chi connectivity index (χ0) is 15.3. The molecule has 0 fully saturated rings. The number of nitrogens with zero attached hydrogens (tertiary/aromatic N) is 3. The SMILES string of the molecule is C[C@@H](C[C@](C#N)(c1ccccc1)c1ccccn1)N(C)C. The van der Waals surface area contributed by atoms with E-state index in [9.17, 15) is 5.26 Å². The van der Waals surface area contributed by atoms with Crippen LogP contribution in [0.2, 0.25) is 0 Å². The highest BCUT2D eigenvalue weighted by molar-refractivity contribution is 5.43. The van der Waals surface area contributed by atoms with E-state index in [0.29, 0.717) is 6.42 Å². The highest BCUT2D eigenvalue weighted by Gasteiger charge is 2.37. The molecule has 3 nitrogen and oxygen atoms in total. The van der Waals surface area contributed by atoms with E-state index in [4.69, 9.17) is 0 Å². The molecule has 0 saturated carbocycles. The molecule has 0 amide bonds. The van der Waals surface area contributed by atoms with Crippen LogP contribution in [-0.4, -0.2) is 30.0 Å². The predicted octanol–water partition coefficient (Wildman–Crippen LogP) is 3.23. The van der Waals surface area contributed by atoms with E-state index in [1.54, 1.807) is 6.20 Å². The molecule has 0 N–H and O–H groups in total. The van der Waals surface area contributed by atoms with E-state index in [1.807, 2.05) is 62.6 Å². The van der Waals surface area contributed by atoms with Crippen LogP contribution in [0.25, 0.3) is 0 Å². The highest BCUT2D eigenvalue weighted by Crippen LogP contribution is 2.35. The first-order chi connectivity index (χ1) is 10.1. The van der Waals surface area contributed by atoms with Gasteiger partial charge in [0.1, 0.15) is 5.41 Å². The van der Waals surface area contributed by atoms with Gasteiger partial charge in [-0.15, -0.1) is 0 Å². The van der Waals surface area contributed by atoms with Crippen LogP contribution in [0.4, 0.5) is 0 Å². The first-order valence-corrected chi connectivity index (χ1v) is 7.15. The lowest BCUT2D eigenvalue weighted by atomic mass is 9.74. The number of pyridine rings is 1. The van der Waals surface area contributed by atoms with Gasteiger partial charge in [-0.2, -0.15) is 5.26 Å². The fourth-order valence-corrected chi connectivity index (χ4v) is 2.50. The number of benzene rings is 1. The van der Waals surface area contributed by atoms with E-state index in [1.165, 1.54) is 0 Å². The molecule has 1 aromatic heterocycles. The Bertz CT molecular complexity index is 560. The average Bonchev–Trinajstić information content (AvgIpc) is 2.54. The normalized spacial score (nSPS) is 15.2. The van der Waals surface area contributed by atoms with Crippen LogP contribution >= 0.6 is 0 Å². The number of aromatic nitrogens is 1. The number of hydrogen-bond acceptors (Lipinski definition) is 3. The summed E-state index contributed by atoms with van der Waals surface area (Å²) < 4.78 is 0. The van der Waals surface area contributed by atoms with Gasteiger partial charge in [-0.3, -0.25) is 4.98 Å². The van der Waals surface area contributed by atoms with Crippen molar-refractivity contribution in [1.29, 1.82) is 5.26 Å². The van der Waals surface area contributed by atoms with Crippen molar-refractivity contribution < 1.29 is 0 Å². The molecular formula is C18H21N3. The van der Waals surface area contributed by atoms with Crippen molar-refractivity contribution in [1.82, 2.24) is 9.88 Å². The topological polar surface area (TPSA) is 39.9 Å². The summed E-state index contributed by atoms with van der Waals surface area (Å²) in [5, 5.41) is 10.0. The zero-order valence-corrected chi connectivity index (χ0v) is 12.8. The van der Waals surface area contributed by atoms with E-state index in [0.717, 1.165) is 11.3 Å². The van der Waals surface area contributed by atoms with Crippen LogP contribution < -0.4 is 0 Å². The van der Waals surface area contributed by atoms with Gasteiger partial charge in [-0.05, 0) is 45.1 Å². The molecule has 1 aromatic carbocycles. The van der Waals surface area contributed by atoms with Crippen molar-refractivity contribution >= 4 is 0 Å². The fraction of sp³-hybridized carbons (Fsp3) is 0.333. The summed E-state index contributed by atoms with van der Waals surface area (Å²) in [6, 6.07) is 18.5. The minimum Gasteiger partial charge on any atom is -0.307 e. The number of nitriles is 1. The van der Waals surface area contributed by atoms with E-state index in [2.05, 4.69) is 22.9 Å². The van der Waals surface area contributed by atoms with Gasteiger partial charge in [0.05, 0.1) is 11.8 Å². The number of rotatable bonds is 5. The molecule has 0 unspecified atom stereocenters. The second-order valence-electron chi connectivity index (χ2n) is 5.61. The maximum Gasteiger partial charge on any atom is 0.126 e. The van der Waals surface area contributed by atoms with Crippen molar-refractivity contribution in [3.63, 3.8) is 0 Å². The molecule has 1 heterocycles. The van der Waals surface area contributed by atoms with Crippen molar-refractivity contribution in [2.75, 3.05) is 14.1 Å². The molecule has 108 valence electrons. The third kappa shape index (κ3) is 3.12. The van der Waals surface area contributed by atoms with Crippen LogP contribution in [0.3, 0.4) is 0 Å². The maximum absolute atomic E-state index is 10.0. The van der Waals surface area contributed by atoms with Crippen LogP contribution in [0.1, 0.15) is 24.6 Å². The van der Waals surface area contributed by atoms with E-state index >= 15 is 0 Å². The zero-order valence-electron chi connectivity index (χ0n) is 12.8. The summed E-state index contributed by atoms with van der Waals surface area (Å²) in [6.07, 6.45) is 2.46. The summed E-state index contributed by atoms with van der Waals surface area (Å²) in [5.74, 6) is 0. The van der Waals surface area contributed by atoms with Crippen molar-refractivity contribution in [2.24, 2.45) is 0 Å². The Hall–Kier alpha value is -2.18. The Kier molecular flexibility index (Phi) is 4.72. The molecule has 0 radical (unpaired) electrons. The summed E-state index contributed by atoms with van der Waals surface area (Å²) in [5.41, 5.74) is 1.10. The molecule has 21 heavy (non-hydrogen) atoms. The van der Waals surface area contributed by atoms with Crippen molar-refractivity contribution in [3.05, 3.63) is 66.0 Å². The molecule has 0 aliphatic heterocycles. The second kappa shape index (κ2) is 6.51. The van der Waals surface area contributed by atoms with Crippen LogP contribution in [0.15, 0.2) is 54.7 Å². The lowest BCUT2D eigenvalue weighted by Gasteiger charge is -2.32. The van der Waals surface area contributed by atoms with Gasteiger partial charge in [0.25, 0.3) is 0 Å². The van der Waals surface area contributed by atoms with Gasteiger partial charge in [0.15, 0.2) is 0 Å². The Labute approximate surface area is 126 Å². The number of hydrogen-bond donors (Lipinski definition) is 0. The Morgan fingerprint density at radius 2 is 1.81 bits per heavy atom. The Morgan fingerprint density at radius 3 is 2.33 bits per heavy atom. The lowest BCUT2D eigenvalue weighted by molar-refractivity contribution is 0.273. The van der Waals surface area contributed by atoms with Gasteiger partial charge in [0.2, 0.25) is 0 Å². The highest BCUT2D eigenvalue weighted by atomic mass is 15.1. The Balaban J connectivity index is 2.55. The minimum absolute atomic E-state index is 0.270. The first kappa shape index (κ1) is 15.2. The van der Waals surface area contributed by atoms with Gasteiger partial charge in [-0.25, -0.2) is 0 Å². The van der Waals surface area contributed by atoms with Gasteiger partial charge in [-0.1, -0.05) is 36.4 Å². The van der Waals surface area contributed by atoms with Crippen molar-refractivity contribution in [2.45, 2.75) is 24.8 Å². The van der Waals surface area contributed by atoms with Crippen LogP contribution in [-0.2, 0) is 5.41 Å². The molecular weight excluding hydrogens is 258 g/mol. The third-order valence-corrected chi connectivity index (χ3v) is 4.04. The predicted molar refractivity (Wildman–Crippen MR) is 84.8 cm³/mol. The minimum atomic E-state index is -0.716. The van der Waals surface area contributed by atoms with Crippen LogP contribution in [0, 0.1) is 11.3 Å². The van der Waals surface area contributed by atoms with Gasteiger partial charge in [0, 0.05) is 12.2 Å². The summed E-state index contributed by atoms with van der Waals surface area (Å²) in [7, 11) is 4.08. The second-order valence-corrected chi connectivity index (χ2v) is 5.61. The molecule has 3 heteroatoms. The molecule has 0 aliphatic carbocycles. The smallest absolute Gasteiger partial charge is 0.126 e. The average molecular weight is 279 g/mol. The summed E-state index contributed by atoms with van der Waals surface area (Å²) in [6.45, 7) is 2.14. The van der Waals surface area contributed by atoms with Gasteiger partial charge < -0.3 is 4.90 Å². The van der Waals surface area contributed by atoms with Gasteiger partial charge >= 0.3 is 0 Å². The molecule has 0 saturated heterocycles. The molecule has 2 atom stereocenters. The van der Waals surface area contributed by atoms with E-state index < -0.39 is 5.41 Å². The molecule has 2 aromatic rings. The maximum atomic E-state index is 10.0. The largest absolute Gasteiger partial charge is 0.307 e. The lowest BCUT2D eigenvalue weighted by Crippen LogP contribution is -2.36. The molecule has 0 aliphatic rings. The summed E-state index contributed by atoms with van der Waals surface area (Å²) in [4.78, 5) is 6.61. The Morgan fingerprint density at radius 1 is 1.14 bits per heavy atom. The monoisotopic (exact) mass is 279 g/mol. The van der Waals surface area contributed by atoms with Crippen molar-refractivity contribution in [3.8, 4) is 6.07 Å². The first-order valence-electron chi connectivity index (χ1n) is 7.15. The molecule has 2 rings (SSSR count). The van der Waals surface area contributed by atoms with E-state index in [-0.39, 0.29) is 6.04 Å². The fourth-order valence-electron chi connectivity index (χ4n) is 2.50. The molecule has 0 bridgehead atoms.